The van der Waals surface area contributed by atoms with Crippen molar-refractivity contribution in [3.63, 3.8) is 0 Å². The third-order valence-electron chi connectivity index (χ3n) is 14.1. The van der Waals surface area contributed by atoms with Gasteiger partial charge in [0.25, 0.3) is 0 Å². The van der Waals surface area contributed by atoms with Crippen LogP contribution in [0.15, 0.2) is 237 Å². The van der Waals surface area contributed by atoms with Gasteiger partial charge in [0.1, 0.15) is 6.07 Å². The summed E-state index contributed by atoms with van der Waals surface area (Å²) in [6.07, 6.45) is 4.11. The fourth-order valence-corrected chi connectivity index (χ4v) is 10.7. The van der Waals surface area contributed by atoms with Gasteiger partial charge in [0.15, 0.2) is 0 Å². The van der Waals surface area contributed by atoms with Gasteiger partial charge in [0.05, 0.1) is 44.9 Å². The summed E-state index contributed by atoms with van der Waals surface area (Å²) in [5.74, 6) is 0. The number of pyridine rings is 1. The second-order valence-electron chi connectivity index (χ2n) is 18.1. The lowest BCUT2D eigenvalue weighted by Gasteiger charge is -2.21. The number of allylic oxidation sites excluding steroid dienone is 1. The first-order valence-electron chi connectivity index (χ1n) is 24.0. The smallest absolute Gasteiger partial charge is 0.101 e. The molecular weight excluding hydrogens is 849 g/mol. The Morgan fingerprint density at radius 3 is 1.37 bits per heavy atom. The summed E-state index contributed by atoms with van der Waals surface area (Å²) < 4.78 is 4.73. The molecule has 3 heterocycles. The standard InChI is InChI=1S/C66H44N4/c67-43-53-41-66(70-63-35-31-51(46-21-10-3-11-22-46)39-56(63)57-40-52(32-36-64(57)70)47-23-12-4-13-24-47)58(60-28-16-27-59(68-60)48-25-14-5-15-26-48)42-65(53)69-61-33-29-49(44-17-6-1-7-18-44)37-54(61)55-38-50(30-34-62(55)69)45-19-8-2-9-20-45/h1-31,33-35,37-42H,32,36H2. The van der Waals surface area contributed by atoms with Crippen LogP contribution >= 0.6 is 0 Å². The van der Waals surface area contributed by atoms with Crippen molar-refractivity contribution >= 4 is 44.4 Å². The molecule has 328 valence electrons. The molecule has 0 spiro atoms. The highest BCUT2D eigenvalue weighted by Gasteiger charge is 2.27. The van der Waals surface area contributed by atoms with Crippen molar-refractivity contribution in [3.05, 3.63) is 259 Å². The van der Waals surface area contributed by atoms with Gasteiger partial charge in [-0.05, 0) is 124 Å². The molecule has 0 saturated heterocycles. The minimum Gasteiger partial charge on any atom is -0.312 e. The first-order valence-corrected chi connectivity index (χ1v) is 24.0. The van der Waals surface area contributed by atoms with Crippen LogP contribution in [0, 0.1) is 11.3 Å². The number of nitrogens with zero attached hydrogens (tertiary/aromatic N) is 4. The topological polar surface area (TPSA) is 46.5 Å². The van der Waals surface area contributed by atoms with E-state index in [1.807, 2.05) is 6.07 Å². The molecular formula is C66H44N4. The van der Waals surface area contributed by atoms with Crippen molar-refractivity contribution in [1.29, 1.82) is 5.26 Å². The third-order valence-corrected chi connectivity index (χ3v) is 14.1. The van der Waals surface area contributed by atoms with Crippen LogP contribution in [0.3, 0.4) is 0 Å². The van der Waals surface area contributed by atoms with Crippen LogP contribution in [-0.4, -0.2) is 14.1 Å². The third kappa shape index (κ3) is 7.03. The maximum absolute atomic E-state index is 11.5. The van der Waals surface area contributed by atoms with E-state index in [-0.39, 0.29) is 0 Å². The van der Waals surface area contributed by atoms with Gasteiger partial charge in [0, 0.05) is 38.5 Å². The Balaban J connectivity index is 1.10. The van der Waals surface area contributed by atoms with Crippen LogP contribution in [0.1, 0.15) is 28.8 Å². The number of hydrogen-bond donors (Lipinski definition) is 0. The SMILES string of the molecule is N#Cc1cc(-n2c3c(c4cc(-c5ccccc5)ccc42)C=C(c2ccccc2)CC3)c(-c2cccc(-c3ccccc3)n2)cc1-n1c2ccc(-c3ccccc3)cc2c2cc(-c3ccccc3)ccc21. The minimum atomic E-state index is 0.573. The summed E-state index contributed by atoms with van der Waals surface area (Å²) in [6.45, 7) is 0. The van der Waals surface area contributed by atoms with Crippen molar-refractivity contribution < 1.29 is 0 Å². The number of benzene rings is 9. The number of rotatable bonds is 8. The summed E-state index contributed by atoms with van der Waals surface area (Å²) in [5.41, 5.74) is 21.0. The Hall–Kier alpha value is -9.30. The molecule has 0 radical (unpaired) electrons. The summed E-state index contributed by atoms with van der Waals surface area (Å²) in [5, 5.41) is 14.9. The normalized spacial score (nSPS) is 12.2. The first kappa shape index (κ1) is 40.9. The molecule has 0 fully saturated rings. The van der Waals surface area contributed by atoms with Gasteiger partial charge in [0.2, 0.25) is 0 Å². The van der Waals surface area contributed by atoms with E-state index in [0.29, 0.717) is 5.56 Å². The molecule has 4 heteroatoms. The van der Waals surface area contributed by atoms with Crippen LogP contribution < -0.4 is 0 Å². The van der Waals surface area contributed by atoms with Crippen LogP contribution in [0.2, 0.25) is 0 Å². The average Bonchev–Trinajstić information content (AvgIpc) is 3.95. The molecule has 12 aromatic rings. The molecule has 0 N–H and O–H groups in total. The molecule has 9 aromatic carbocycles. The Labute approximate surface area is 407 Å². The highest BCUT2D eigenvalue weighted by Crippen LogP contribution is 2.45. The van der Waals surface area contributed by atoms with E-state index in [2.05, 4.69) is 252 Å². The number of aromatic nitrogens is 3. The van der Waals surface area contributed by atoms with Crippen molar-refractivity contribution in [1.82, 2.24) is 14.1 Å². The van der Waals surface area contributed by atoms with E-state index in [4.69, 9.17) is 4.98 Å². The predicted octanol–water partition coefficient (Wildman–Crippen LogP) is 16.8. The zero-order valence-electron chi connectivity index (χ0n) is 38.3. The second kappa shape index (κ2) is 17.1. The fourth-order valence-electron chi connectivity index (χ4n) is 10.7. The van der Waals surface area contributed by atoms with Crippen LogP contribution in [0.4, 0.5) is 0 Å². The average molecular weight is 893 g/mol. The van der Waals surface area contributed by atoms with E-state index in [9.17, 15) is 5.26 Å². The van der Waals surface area contributed by atoms with E-state index >= 15 is 0 Å². The Morgan fingerprint density at radius 2 is 0.843 bits per heavy atom. The highest BCUT2D eigenvalue weighted by atomic mass is 15.0. The molecule has 0 aliphatic heterocycles. The molecule has 0 saturated carbocycles. The number of nitriles is 1. The molecule has 0 amide bonds. The summed E-state index contributed by atoms with van der Waals surface area (Å²) in [6, 6.07) is 86.6. The minimum absolute atomic E-state index is 0.573. The molecule has 70 heavy (non-hydrogen) atoms. The van der Waals surface area contributed by atoms with Crippen molar-refractivity contribution in [2.24, 2.45) is 0 Å². The molecule has 0 bridgehead atoms. The van der Waals surface area contributed by atoms with Crippen LogP contribution in [0.5, 0.6) is 0 Å². The van der Waals surface area contributed by atoms with Crippen molar-refractivity contribution in [2.45, 2.75) is 12.8 Å². The van der Waals surface area contributed by atoms with E-state index in [1.54, 1.807) is 0 Å². The van der Waals surface area contributed by atoms with E-state index < -0.39 is 0 Å². The quantitative estimate of drug-likeness (QED) is 0.153. The highest BCUT2D eigenvalue weighted by molar-refractivity contribution is 6.12. The lowest BCUT2D eigenvalue weighted by molar-refractivity contribution is 0.897. The van der Waals surface area contributed by atoms with E-state index in [0.717, 1.165) is 102 Å². The second-order valence-corrected chi connectivity index (χ2v) is 18.1. The summed E-state index contributed by atoms with van der Waals surface area (Å²) in [7, 11) is 0. The maximum Gasteiger partial charge on any atom is 0.101 e. The van der Waals surface area contributed by atoms with Crippen molar-refractivity contribution in [3.8, 4) is 73.3 Å². The zero-order chi connectivity index (χ0) is 46.5. The van der Waals surface area contributed by atoms with Gasteiger partial charge in [-0.1, -0.05) is 176 Å². The van der Waals surface area contributed by atoms with Crippen LogP contribution in [-0.2, 0) is 6.42 Å². The molecule has 0 unspecified atom stereocenters. The van der Waals surface area contributed by atoms with Crippen LogP contribution in [0.25, 0.3) is 112 Å². The first-order chi connectivity index (χ1) is 34.7. The molecule has 13 rings (SSSR count). The largest absolute Gasteiger partial charge is 0.312 e. The van der Waals surface area contributed by atoms with Gasteiger partial charge < -0.3 is 9.13 Å². The van der Waals surface area contributed by atoms with Gasteiger partial charge in [-0.3, -0.25) is 0 Å². The molecule has 0 atom stereocenters. The van der Waals surface area contributed by atoms with Gasteiger partial charge in [-0.15, -0.1) is 0 Å². The van der Waals surface area contributed by atoms with Crippen molar-refractivity contribution in [2.75, 3.05) is 0 Å². The molecule has 4 nitrogen and oxygen atoms in total. The zero-order valence-corrected chi connectivity index (χ0v) is 38.3. The Morgan fingerprint density at radius 1 is 0.371 bits per heavy atom. The Kier molecular flexibility index (Phi) is 10.00. The molecule has 1 aliphatic rings. The fraction of sp³-hybridized carbons (Fsp3) is 0.0303. The summed E-state index contributed by atoms with van der Waals surface area (Å²) >= 11 is 0. The Bertz CT molecular complexity index is 3930. The van der Waals surface area contributed by atoms with E-state index in [1.165, 1.54) is 33.3 Å². The van der Waals surface area contributed by atoms with Gasteiger partial charge in [-0.2, -0.15) is 5.26 Å². The summed E-state index contributed by atoms with van der Waals surface area (Å²) in [4.78, 5) is 5.46. The maximum atomic E-state index is 11.5. The molecule has 3 aromatic heterocycles. The predicted molar refractivity (Wildman–Crippen MR) is 290 cm³/mol. The van der Waals surface area contributed by atoms with Gasteiger partial charge >= 0.3 is 0 Å². The number of hydrogen-bond acceptors (Lipinski definition) is 2. The molecule has 1 aliphatic carbocycles. The lowest BCUT2D eigenvalue weighted by Crippen LogP contribution is -2.09. The monoisotopic (exact) mass is 892 g/mol. The van der Waals surface area contributed by atoms with Gasteiger partial charge in [-0.25, -0.2) is 4.98 Å². The lowest BCUT2D eigenvalue weighted by atomic mass is 9.90. The number of fused-ring (bicyclic) bond motifs is 6.